The van der Waals surface area contributed by atoms with Crippen LogP contribution in [0.4, 0.5) is 0 Å². The van der Waals surface area contributed by atoms with Gasteiger partial charge in [0.2, 0.25) is 0 Å². The van der Waals surface area contributed by atoms with E-state index in [4.69, 9.17) is 9.15 Å². The van der Waals surface area contributed by atoms with Crippen molar-refractivity contribution in [3.05, 3.63) is 34.9 Å². The van der Waals surface area contributed by atoms with E-state index in [1.807, 2.05) is 13.0 Å². The Morgan fingerprint density at radius 2 is 2.29 bits per heavy atom. The molecule has 2 rings (SSSR count). The molecule has 1 aliphatic heterocycles. The number of rotatable bonds is 1. The first-order chi connectivity index (χ1) is 6.70. The van der Waals surface area contributed by atoms with Crippen LogP contribution in [0.3, 0.4) is 0 Å². The number of carbonyl (C=O) groups is 1. The van der Waals surface area contributed by atoms with E-state index >= 15 is 0 Å². The first-order valence-electron chi connectivity index (χ1n) is 4.29. The van der Waals surface area contributed by atoms with E-state index in [1.165, 1.54) is 6.26 Å². The molecule has 3 nitrogen and oxygen atoms in total. The van der Waals surface area contributed by atoms with Crippen LogP contribution in [0.2, 0.25) is 0 Å². The van der Waals surface area contributed by atoms with Crippen molar-refractivity contribution in [2.75, 3.05) is 0 Å². The average Bonchev–Trinajstić information content (AvgIpc) is 2.67. The van der Waals surface area contributed by atoms with Gasteiger partial charge in [0, 0.05) is 0 Å². The number of Topliss-reactive ketones (excluding diaryl/α,β-unsaturated/α-hetero) is 1. The van der Waals surface area contributed by atoms with Crippen LogP contribution >= 0.6 is 15.9 Å². The molecule has 0 aliphatic carbocycles. The summed E-state index contributed by atoms with van der Waals surface area (Å²) in [5.41, 5.74) is 0. The standard InChI is InChI=1S/C10H9BrO3/c1-6-9(12)7(11)5-14-10(6)8-3-2-4-13-8/h2-6,10H,1H3/t6-,10+/m0/s1. The van der Waals surface area contributed by atoms with Gasteiger partial charge in [-0.25, -0.2) is 0 Å². The van der Waals surface area contributed by atoms with Gasteiger partial charge in [0.25, 0.3) is 0 Å². The normalized spacial score (nSPS) is 27.0. The van der Waals surface area contributed by atoms with E-state index in [0.29, 0.717) is 10.2 Å². The van der Waals surface area contributed by atoms with Crippen LogP contribution in [0.5, 0.6) is 0 Å². The van der Waals surface area contributed by atoms with Crippen molar-refractivity contribution in [1.29, 1.82) is 0 Å². The van der Waals surface area contributed by atoms with Crippen molar-refractivity contribution in [2.24, 2.45) is 5.92 Å². The highest BCUT2D eigenvalue weighted by Gasteiger charge is 2.33. The fourth-order valence-corrected chi connectivity index (χ4v) is 1.90. The molecule has 2 atom stereocenters. The third-order valence-corrected chi connectivity index (χ3v) is 2.82. The molecule has 0 spiro atoms. The Morgan fingerprint density at radius 3 is 2.93 bits per heavy atom. The largest absolute Gasteiger partial charge is 0.488 e. The first-order valence-corrected chi connectivity index (χ1v) is 5.08. The predicted octanol–water partition coefficient (Wildman–Crippen LogP) is 2.79. The Morgan fingerprint density at radius 1 is 1.50 bits per heavy atom. The van der Waals surface area contributed by atoms with Gasteiger partial charge in [-0.1, -0.05) is 6.92 Å². The molecule has 2 heterocycles. The lowest BCUT2D eigenvalue weighted by Gasteiger charge is -2.24. The zero-order valence-electron chi connectivity index (χ0n) is 7.57. The van der Waals surface area contributed by atoms with Crippen molar-refractivity contribution in [1.82, 2.24) is 0 Å². The number of hydrogen-bond acceptors (Lipinski definition) is 3. The number of allylic oxidation sites excluding steroid dienone is 1. The maximum absolute atomic E-state index is 11.6. The van der Waals surface area contributed by atoms with Crippen molar-refractivity contribution in [2.45, 2.75) is 13.0 Å². The second-order valence-corrected chi connectivity index (χ2v) is 4.05. The number of carbonyl (C=O) groups excluding carboxylic acids is 1. The summed E-state index contributed by atoms with van der Waals surface area (Å²) in [5, 5.41) is 0. The summed E-state index contributed by atoms with van der Waals surface area (Å²) in [5.74, 6) is 0.500. The van der Waals surface area contributed by atoms with Crippen LogP contribution in [-0.2, 0) is 9.53 Å². The van der Waals surface area contributed by atoms with Gasteiger partial charge in [-0.3, -0.25) is 4.79 Å². The summed E-state index contributed by atoms with van der Waals surface area (Å²) >= 11 is 3.14. The zero-order valence-corrected chi connectivity index (χ0v) is 9.15. The molecule has 0 unspecified atom stereocenters. The second-order valence-electron chi connectivity index (χ2n) is 3.19. The SMILES string of the molecule is C[C@H]1C(=O)C(Br)=CO[C@H]1c1ccco1. The van der Waals surface area contributed by atoms with E-state index in [0.717, 1.165) is 0 Å². The number of hydrogen-bond donors (Lipinski definition) is 0. The molecule has 0 N–H and O–H groups in total. The minimum Gasteiger partial charge on any atom is -0.488 e. The fourth-order valence-electron chi connectivity index (χ4n) is 1.43. The molecule has 1 aromatic heterocycles. The van der Waals surface area contributed by atoms with E-state index in [2.05, 4.69) is 15.9 Å². The van der Waals surface area contributed by atoms with Crippen molar-refractivity contribution in [3.63, 3.8) is 0 Å². The fraction of sp³-hybridized carbons (Fsp3) is 0.300. The summed E-state index contributed by atoms with van der Waals surface area (Å²) < 4.78 is 11.1. The van der Waals surface area contributed by atoms with E-state index < -0.39 is 0 Å². The molecule has 0 fully saturated rings. The molecule has 0 amide bonds. The van der Waals surface area contributed by atoms with Crippen molar-refractivity contribution >= 4 is 21.7 Å². The summed E-state index contributed by atoms with van der Waals surface area (Å²) in [6.07, 6.45) is 2.69. The van der Waals surface area contributed by atoms with E-state index in [9.17, 15) is 4.79 Å². The summed E-state index contributed by atoms with van der Waals surface area (Å²) in [7, 11) is 0. The Kier molecular flexibility index (Phi) is 2.46. The predicted molar refractivity (Wildman–Crippen MR) is 53.7 cm³/mol. The Bertz CT molecular complexity index is 367. The number of halogens is 1. The van der Waals surface area contributed by atoms with Crippen molar-refractivity contribution in [3.8, 4) is 0 Å². The van der Waals surface area contributed by atoms with Gasteiger partial charge in [-0.05, 0) is 28.1 Å². The lowest BCUT2D eigenvalue weighted by molar-refractivity contribution is -0.124. The Balaban J connectivity index is 2.28. The quantitative estimate of drug-likeness (QED) is 0.776. The molecule has 4 heteroatoms. The first kappa shape index (κ1) is 9.52. The minimum absolute atomic E-state index is 0.0395. The third-order valence-electron chi connectivity index (χ3n) is 2.24. The maximum atomic E-state index is 11.6. The lowest BCUT2D eigenvalue weighted by Crippen LogP contribution is -2.24. The van der Waals surface area contributed by atoms with E-state index in [-0.39, 0.29) is 17.8 Å². The summed E-state index contributed by atoms with van der Waals surface area (Å²) in [4.78, 5) is 11.6. The van der Waals surface area contributed by atoms with Crippen LogP contribution in [0.1, 0.15) is 18.8 Å². The van der Waals surface area contributed by atoms with Crippen LogP contribution in [0.25, 0.3) is 0 Å². The molecule has 0 saturated carbocycles. The van der Waals surface area contributed by atoms with Crippen LogP contribution < -0.4 is 0 Å². The van der Waals surface area contributed by atoms with Gasteiger partial charge in [0.15, 0.2) is 11.9 Å². The molecule has 0 bridgehead atoms. The van der Waals surface area contributed by atoms with Gasteiger partial charge in [0.05, 0.1) is 16.7 Å². The number of ketones is 1. The zero-order chi connectivity index (χ0) is 10.1. The second kappa shape index (κ2) is 3.61. The monoisotopic (exact) mass is 256 g/mol. The molecule has 14 heavy (non-hydrogen) atoms. The lowest BCUT2D eigenvalue weighted by atomic mass is 9.96. The Hall–Kier alpha value is -1.03. The smallest absolute Gasteiger partial charge is 0.179 e. The number of ether oxygens (including phenoxy) is 1. The van der Waals surface area contributed by atoms with Gasteiger partial charge in [-0.15, -0.1) is 0 Å². The maximum Gasteiger partial charge on any atom is 0.179 e. The molecule has 0 saturated heterocycles. The third kappa shape index (κ3) is 1.50. The van der Waals surface area contributed by atoms with Crippen LogP contribution in [0.15, 0.2) is 33.6 Å². The molecular formula is C10H9BrO3. The molecule has 1 aliphatic rings. The van der Waals surface area contributed by atoms with Crippen LogP contribution in [0, 0.1) is 5.92 Å². The van der Waals surface area contributed by atoms with Gasteiger partial charge in [0.1, 0.15) is 12.0 Å². The van der Waals surface area contributed by atoms with Crippen LogP contribution in [-0.4, -0.2) is 5.78 Å². The highest BCUT2D eigenvalue weighted by Crippen LogP contribution is 2.34. The summed E-state index contributed by atoms with van der Waals surface area (Å²) in [6, 6.07) is 3.59. The van der Waals surface area contributed by atoms with Gasteiger partial charge in [-0.2, -0.15) is 0 Å². The highest BCUT2D eigenvalue weighted by molar-refractivity contribution is 9.12. The van der Waals surface area contributed by atoms with E-state index in [1.54, 1.807) is 12.3 Å². The molecular weight excluding hydrogens is 248 g/mol. The minimum atomic E-state index is -0.307. The van der Waals surface area contributed by atoms with Gasteiger partial charge < -0.3 is 9.15 Å². The van der Waals surface area contributed by atoms with Gasteiger partial charge >= 0.3 is 0 Å². The average molecular weight is 257 g/mol. The Labute approximate surface area is 89.9 Å². The molecule has 0 aromatic carbocycles. The molecule has 0 radical (unpaired) electrons. The topological polar surface area (TPSA) is 39.4 Å². The highest BCUT2D eigenvalue weighted by atomic mass is 79.9. The summed E-state index contributed by atoms with van der Waals surface area (Å²) in [6.45, 7) is 1.82. The molecule has 1 aromatic rings. The molecule has 74 valence electrons. The van der Waals surface area contributed by atoms with Crippen molar-refractivity contribution < 1.29 is 13.9 Å². The number of furan rings is 1.